The molecule has 0 saturated carbocycles. The minimum absolute atomic E-state index is 0.924. The summed E-state index contributed by atoms with van der Waals surface area (Å²) < 4.78 is 5.40. The highest BCUT2D eigenvalue weighted by Gasteiger charge is 2.17. The number of aromatic nitrogens is 1. The molecule has 3 heterocycles. The molecule has 0 bridgehead atoms. The van der Waals surface area contributed by atoms with Gasteiger partial charge in [0, 0.05) is 45.1 Å². The molecule has 100 valence electrons. The van der Waals surface area contributed by atoms with Crippen molar-refractivity contribution in [2.45, 2.75) is 13.1 Å². The molecule has 1 aliphatic rings. The SMILES string of the molecule is c1cncc(CN2CCN(Cc3ccco3)CC2)c1. The molecule has 3 rings (SSSR count). The van der Waals surface area contributed by atoms with Crippen LogP contribution in [0, 0.1) is 0 Å². The van der Waals surface area contributed by atoms with Gasteiger partial charge in [-0.15, -0.1) is 0 Å². The molecule has 0 amide bonds. The lowest BCUT2D eigenvalue weighted by Gasteiger charge is -2.34. The van der Waals surface area contributed by atoms with Crippen LogP contribution >= 0.6 is 0 Å². The van der Waals surface area contributed by atoms with Crippen molar-refractivity contribution in [1.29, 1.82) is 0 Å². The minimum atomic E-state index is 0.924. The van der Waals surface area contributed by atoms with Crippen LogP contribution in [-0.4, -0.2) is 41.0 Å². The Labute approximate surface area is 113 Å². The van der Waals surface area contributed by atoms with Crippen molar-refractivity contribution in [3.05, 3.63) is 54.2 Å². The fourth-order valence-corrected chi connectivity index (χ4v) is 2.48. The van der Waals surface area contributed by atoms with E-state index in [1.165, 1.54) is 5.56 Å². The van der Waals surface area contributed by atoms with Crippen LogP contribution in [0.4, 0.5) is 0 Å². The molecule has 0 radical (unpaired) electrons. The first-order valence-electron chi connectivity index (χ1n) is 6.76. The van der Waals surface area contributed by atoms with Crippen molar-refractivity contribution in [3.8, 4) is 0 Å². The largest absolute Gasteiger partial charge is 0.468 e. The second-order valence-electron chi connectivity index (χ2n) is 4.99. The van der Waals surface area contributed by atoms with E-state index in [9.17, 15) is 0 Å². The van der Waals surface area contributed by atoms with Crippen molar-refractivity contribution in [2.24, 2.45) is 0 Å². The highest BCUT2D eigenvalue weighted by molar-refractivity contribution is 5.08. The van der Waals surface area contributed by atoms with Crippen molar-refractivity contribution in [1.82, 2.24) is 14.8 Å². The molecular formula is C15H19N3O. The highest BCUT2D eigenvalue weighted by Crippen LogP contribution is 2.11. The van der Waals surface area contributed by atoms with Gasteiger partial charge in [0.2, 0.25) is 0 Å². The number of rotatable bonds is 4. The third kappa shape index (κ3) is 3.43. The third-order valence-corrected chi connectivity index (χ3v) is 3.55. The molecule has 1 fully saturated rings. The molecule has 2 aromatic rings. The number of piperazine rings is 1. The van der Waals surface area contributed by atoms with Gasteiger partial charge in [0.25, 0.3) is 0 Å². The van der Waals surface area contributed by atoms with Gasteiger partial charge in [-0.1, -0.05) is 6.07 Å². The van der Waals surface area contributed by atoms with Crippen LogP contribution < -0.4 is 0 Å². The second-order valence-corrected chi connectivity index (χ2v) is 4.99. The van der Waals surface area contributed by atoms with E-state index < -0.39 is 0 Å². The molecule has 4 nitrogen and oxygen atoms in total. The zero-order valence-corrected chi connectivity index (χ0v) is 11.0. The standard InChI is InChI=1S/C15H19N3O/c1-3-14(11-16-5-1)12-17-6-8-18(9-7-17)13-15-4-2-10-19-15/h1-5,10-11H,6-9,12-13H2. The maximum absolute atomic E-state index is 5.40. The summed E-state index contributed by atoms with van der Waals surface area (Å²) in [5, 5.41) is 0. The lowest BCUT2D eigenvalue weighted by molar-refractivity contribution is 0.116. The van der Waals surface area contributed by atoms with E-state index in [4.69, 9.17) is 4.42 Å². The van der Waals surface area contributed by atoms with Gasteiger partial charge < -0.3 is 4.42 Å². The summed E-state index contributed by atoms with van der Waals surface area (Å²) in [6, 6.07) is 8.14. The number of pyridine rings is 1. The lowest BCUT2D eigenvalue weighted by Crippen LogP contribution is -2.45. The molecule has 0 spiro atoms. The molecule has 0 aliphatic carbocycles. The van der Waals surface area contributed by atoms with Crippen LogP contribution in [0.25, 0.3) is 0 Å². The zero-order chi connectivity index (χ0) is 12.9. The Balaban J connectivity index is 1.47. The number of nitrogens with zero attached hydrogens (tertiary/aromatic N) is 3. The van der Waals surface area contributed by atoms with Gasteiger partial charge >= 0.3 is 0 Å². The Bertz CT molecular complexity index is 475. The molecule has 0 aromatic carbocycles. The molecular weight excluding hydrogens is 238 g/mol. The Morgan fingerprint density at radius 1 is 1.00 bits per heavy atom. The summed E-state index contributed by atoms with van der Waals surface area (Å²) in [6.45, 7) is 6.34. The number of furan rings is 1. The molecule has 1 saturated heterocycles. The van der Waals surface area contributed by atoms with Crippen molar-refractivity contribution < 1.29 is 4.42 Å². The van der Waals surface area contributed by atoms with Gasteiger partial charge in [-0.3, -0.25) is 14.8 Å². The van der Waals surface area contributed by atoms with Crippen LogP contribution in [0.5, 0.6) is 0 Å². The Hall–Kier alpha value is -1.65. The Kier molecular flexibility index (Phi) is 3.91. The summed E-state index contributed by atoms with van der Waals surface area (Å²) >= 11 is 0. The van der Waals surface area contributed by atoms with Gasteiger partial charge in [0.1, 0.15) is 5.76 Å². The summed E-state index contributed by atoms with van der Waals surface area (Å²) in [6.07, 6.45) is 5.52. The predicted octanol–water partition coefficient (Wildman–Crippen LogP) is 1.99. The first-order chi connectivity index (χ1) is 9.40. The van der Waals surface area contributed by atoms with Gasteiger partial charge in [-0.2, -0.15) is 0 Å². The summed E-state index contributed by atoms with van der Waals surface area (Å²) in [4.78, 5) is 9.09. The normalized spacial score (nSPS) is 17.7. The molecule has 19 heavy (non-hydrogen) atoms. The maximum atomic E-state index is 5.40. The topological polar surface area (TPSA) is 32.5 Å². The van der Waals surface area contributed by atoms with E-state index in [-0.39, 0.29) is 0 Å². The minimum Gasteiger partial charge on any atom is -0.468 e. The second kappa shape index (κ2) is 5.99. The highest BCUT2D eigenvalue weighted by atomic mass is 16.3. The monoisotopic (exact) mass is 257 g/mol. The average Bonchev–Trinajstić information content (AvgIpc) is 2.95. The van der Waals surface area contributed by atoms with Gasteiger partial charge in [-0.05, 0) is 23.8 Å². The molecule has 4 heteroatoms. The first kappa shape index (κ1) is 12.4. The summed E-state index contributed by atoms with van der Waals surface area (Å²) in [7, 11) is 0. The van der Waals surface area contributed by atoms with Gasteiger partial charge in [-0.25, -0.2) is 0 Å². The molecule has 1 aliphatic heterocycles. The maximum Gasteiger partial charge on any atom is 0.117 e. The number of hydrogen-bond donors (Lipinski definition) is 0. The van der Waals surface area contributed by atoms with Gasteiger partial charge in [0.15, 0.2) is 0 Å². The van der Waals surface area contributed by atoms with E-state index in [2.05, 4.69) is 20.9 Å². The third-order valence-electron chi connectivity index (χ3n) is 3.55. The first-order valence-corrected chi connectivity index (χ1v) is 6.76. The van der Waals surface area contributed by atoms with E-state index in [0.717, 1.165) is 45.0 Å². The van der Waals surface area contributed by atoms with Crippen molar-refractivity contribution >= 4 is 0 Å². The van der Waals surface area contributed by atoms with Crippen LogP contribution in [0.2, 0.25) is 0 Å². The van der Waals surface area contributed by atoms with Crippen LogP contribution in [0.3, 0.4) is 0 Å². The van der Waals surface area contributed by atoms with E-state index >= 15 is 0 Å². The summed E-state index contributed by atoms with van der Waals surface area (Å²) in [5.41, 5.74) is 1.29. The Morgan fingerprint density at radius 3 is 2.42 bits per heavy atom. The van der Waals surface area contributed by atoms with Crippen LogP contribution in [0.15, 0.2) is 47.3 Å². The zero-order valence-electron chi connectivity index (χ0n) is 11.0. The van der Waals surface area contributed by atoms with Gasteiger partial charge in [0.05, 0.1) is 12.8 Å². The summed E-state index contributed by atoms with van der Waals surface area (Å²) in [5.74, 6) is 1.06. The Morgan fingerprint density at radius 2 is 1.79 bits per heavy atom. The molecule has 0 unspecified atom stereocenters. The number of hydrogen-bond acceptors (Lipinski definition) is 4. The molecule has 0 N–H and O–H groups in total. The molecule has 2 aromatic heterocycles. The lowest BCUT2D eigenvalue weighted by atomic mass is 10.2. The van der Waals surface area contributed by atoms with E-state index in [1.807, 2.05) is 30.6 Å². The van der Waals surface area contributed by atoms with Crippen molar-refractivity contribution in [3.63, 3.8) is 0 Å². The average molecular weight is 257 g/mol. The van der Waals surface area contributed by atoms with Crippen LogP contribution in [0.1, 0.15) is 11.3 Å². The van der Waals surface area contributed by atoms with Crippen LogP contribution in [-0.2, 0) is 13.1 Å². The van der Waals surface area contributed by atoms with Crippen molar-refractivity contribution in [2.75, 3.05) is 26.2 Å². The predicted molar refractivity (Wildman–Crippen MR) is 73.5 cm³/mol. The smallest absolute Gasteiger partial charge is 0.117 e. The molecule has 0 atom stereocenters. The fourth-order valence-electron chi connectivity index (χ4n) is 2.48. The fraction of sp³-hybridized carbons (Fsp3) is 0.400. The van der Waals surface area contributed by atoms with E-state index in [1.54, 1.807) is 6.26 Å². The quantitative estimate of drug-likeness (QED) is 0.838. The van der Waals surface area contributed by atoms with E-state index in [0.29, 0.717) is 0 Å².